The van der Waals surface area contributed by atoms with Crippen LogP contribution in [0.3, 0.4) is 0 Å². The molecule has 0 atom stereocenters. The normalized spacial score (nSPS) is 11.4. The molecule has 0 unspecified atom stereocenters. The first-order chi connectivity index (χ1) is 9.61. The van der Waals surface area contributed by atoms with Crippen LogP contribution in [-0.4, -0.2) is 17.5 Å². The minimum Gasteiger partial charge on any atom is -0.386 e. The van der Waals surface area contributed by atoms with Gasteiger partial charge in [-0.25, -0.2) is 4.99 Å². The number of carbonyl (C=O) groups is 1. The predicted molar refractivity (Wildman–Crippen MR) is 83.1 cm³/mol. The fourth-order valence-electron chi connectivity index (χ4n) is 1.81. The maximum absolute atomic E-state index is 12.5. The second-order valence-corrected chi connectivity index (χ2v) is 4.72. The summed E-state index contributed by atoms with van der Waals surface area (Å²) in [6.07, 6.45) is 0. The molecular weight excluding hydrogens is 272 g/mol. The summed E-state index contributed by atoms with van der Waals surface area (Å²) in [5.41, 5.74) is 8.43. The van der Waals surface area contributed by atoms with Crippen LogP contribution < -0.4 is 5.73 Å². The van der Waals surface area contributed by atoms with Crippen LogP contribution in [0.15, 0.2) is 53.5 Å². The van der Waals surface area contributed by atoms with Gasteiger partial charge in [0.2, 0.25) is 0 Å². The lowest BCUT2D eigenvalue weighted by Crippen LogP contribution is -2.13. The second-order valence-electron chi connectivity index (χ2n) is 4.45. The molecular formula is C16H15ClN2O. The van der Waals surface area contributed by atoms with Crippen molar-refractivity contribution in [3.8, 4) is 0 Å². The van der Waals surface area contributed by atoms with Crippen molar-refractivity contribution in [2.45, 2.75) is 6.92 Å². The zero-order valence-electron chi connectivity index (χ0n) is 11.1. The number of nitrogens with two attached hydrogens (primary N) is 1. The number of rotatable bonds is 4. The number of hydrogen-bond donors (Lipinski definition) is 1. The third-order valence-electron chi connectivity index (χ3n) is 2.86. The van der Waals surface area contributed by atoms with E-state index in [1.165, 1.54) is 0 Å². The van der Waals surface area contributed by atoms with Gasteiger partial charge in [-0.3, -0.25) is 4.79 Å². The number of ketones is 1. The average molecular weight is 287 g/mol. The SMILES string of the molecule is Cc1ccc(C(=O)c2ccccc2N=C(N)CCl)cc1. The molecule has 2 aromatic carbocycles. The Hall–Kier alpha value is -2.13. The molecule has 3 nitrogen and oxygen atoms in total. The maximum atomic E-state index is 12.5. The van der Waals surface area contributed by atoms with Gasteiger partial charge in [0.1, 0.15) is 5.84 Å². The monoisotopic (exact) mass is 286 g/mol. The summed E-state index contributed by atoms with van der Waals surface area (Å²) >= 11 is 5.63. The lowest BCUT2D eigenvalue weighted by molar-refractivity contribution is 0.103. The van der Waals surface area contributed by atoms with Crippen molar-refractivity contribution >= 4 is 28.9 Å². The molecule has 102 valence electrons. The van der Waals surface area contributed by atoms with Crippen molar-refractivity contribution in [2.75, 3.05) is 5.88 Å². The van der Waals surface area contributed by atoms with Crippen LogP contribution in [0.25, 0.3) is 0 Å². The lowest BCUT2D eigenvalue weighted by atomic mass is 10.0. The van der Waals surface area contributed by atoms with E-state index in [0.717, 1.165) is 5.56 Å². The number of para-hydroxylation sites is 1. The third-order valence-corrected chi connectivity index (χ3v) is 3.14. The summed E-state index contributed by atoms with van der Waals surface area (Å²) in [5.74, 6) is 0.343. The fourth-order valence-corrected chi connectivity index (χ4v) is 1.87. The van der Waals surface area contributed by atoms with Gasteiger partial charge in [-0.15, -0.1) is 11.6 Å². The number of aryl methyl sites for hydroxylation is 1. The summed E-state index contributed by atoms with van der Waals surface area (Å²) in [4.78, 5) is 16.7. The summed E-state index contributed by atoms with van der Waals surface area (Å²) in [5, 5.41) is 0. The number of hydrogen-bond acceptors (Lipinski definition) is 2. The topological polar surface area (TPSA) is 55.5 Å². The van der Waals surface area contributed by atoms with Gasteiger partial charge < -0.3 is 5.73 Å². The number of benzene rings is 2. The van der Waals surface area contributed by atoms with Crippen molar-refractivity contribution in [2.24, 2.45) is 10.7 Å². The van der Waals surface area contributed by atoms with Gasteiger partial charge in [0.25, 0.3) is 0 Å². The quantitative estimate of drug-likeness (QED) is 0.405. The van der Waals surface area contributed by atoms with Gasteiger partial charge in [-0.1, -0.05) is 42.0 Å². The van der Waals surface area contributed by atoms with Crippen LogP contribution in [0, 0.1) is 6.92 Å². The molecule has 4 heteroatoms. The van der Waals surface area contributed by atoms with E-state index in [1.807, 2.05) is 37.3 Å². The summed E-state index contributed by atoms with van der Waals surface area (Å²) in [6, 6.07) is 14.5. The molecule has 0 saturated heterocycles. The second kappa shape index (κ2) is 6.35. The molecule has 0 heterocycles. The van der Waals surface area contributed by atoms with Gasteiger partial charge in [0, 0.05) is 11.1 Å². The van der Waals surface area contributed by atoms with E-state index in [-0.39, 0.29) is 17.5 Å². The van der Waals surface area contributed by atoms with Crippen LogP contribution in [0.2, 0.25) is 0 Å². The Labute approximate surface area is 123 Å². The van der Waals surface area contributed by atoms with Gasteiger partial charge in [0.05, 0.1) is 11.6 Å². The number of nitrogens with zero attached hydrogens (tertiary/aromatic N) is 1. The first-order valence-electron chi connectivity index (χ1n) is 6.21. The molecule has 2 N–H and O–H groups in total. The Kier molecular flexibility index (Phi) is 4.53. The Bertz CT molecular complexity index is 648. The Morgan fingerprint density at radius 2 is 1.80 bits per heavy atom. The summed E-state index contributed by atoms with van der Waals surface area (Å²) in [6.45, 7) is 1.98. The molecule has 2 rings (SSSR count). The van der Waals surface area contributed by atoms with Crippen LogP contribution in [-0.2, 0) is 0 Å². The van der Waals surface area contributed by atoms with Crippen molar-refractivity contribution in [3.05, 3.63) is 65.2 Å². The predicted octanol–water partition coefficient (Wildman–Crippen LogP) is 3.45. The van der Waals surface area contributed by atoms with Crippen LogP contribution >= 0.6 is 11.6 Å². The molecule has 0 spiro atoms. The highest BCUT2D eigenvalue weighted by Gasteiger charge is 2.13. The van der Waals surface area contributed by atoms with Gasteiger partial charge >= 0.3 is 0 Å². The molecule has 2 aromatic rings. The van der Waals surface area contributed by atoms with Crippen LogP contribution in [0.4, 0.5) is 5.69 Å². The molecule has 0 amide bonds. The highest BCUT2D eigenvalue weighted by atomic mass is 35.5. The number of aliphatic imine (C=N–C) groups is 1. The van der Waals surface area contributed by atoms with Gasteiger partial charge in [-0.05, 0) is 19.1 Å². The van der Waals surface area contributed by atoms with E-state index >= 15 is 0 Å². The van der Waals surface area contributed by atoms with Crippen molar-refractivity contribution < 1.29 is 4.79 Å². The number of amidine groups is 1. The fraction of sp³-hybridized carbons (Fsp3) is 0.125. The van der Waals surface area contributed by atoms with Gasteiger partial charge in [0.15, 0.2) is 5.78 Å². The smallest absolute Gasteiger partial charge is 0.195 e. The molecule has 0 aliphatic rings. The van der Waals surface area contributed by atoms with E-state index in [0.29, 0.717) is 16.8 Å². The Morgan fingerprint density at radius 1 is 1.15 bits per heavy atom. The number of halogens is 1. The molecule has 0 fully saturated rings. The lowest BCUT2D eigenvalue weighted by Gasteiger charge is -2.06. The van der Waals surface area contributed by atoms with E-state index in [9.17, 15) is 4.79 Å². The van der Waals surface area contributed by atoms with Crippen molar-refractivity contribution in [1.29, 1.82) is 0 Å². The largest absolute Gasteiger partial charge is 0.386 e. The molecule has 0 saturated carbocycles. The van der Waals surface area contributed by atoms with Crippen molar-refractivity contribution in [1.82, 2.24) is 0 Å². The van der Waals surface area contributed by atoms with E-state index in [1.54, 1.807) is 18.2 Å². The van der Waals surface area contributed by atoms with Crippen LogP contribution in [0.1, 0.15) is 21.5 Å². The molecule has 20 heavy (non-hydrogen) atoms. The molecule has 0 bridgehead atoms. The molecule has 0 aliphatic carbocycles. The standard InChI is InChI=1S/C16H15ClN2O/c1-11-6-8-12(9-7-11)16(20)13-4-2-3-5-14(13)19-15(18)10-17/h2-9H,10H2,1H3,(H2,18,19). The third kappa shape index (κ3) is 3.25. The molecule has 0 aromatic heterocycles. The highest BCUT2D eigenvalue weighted by molar-refractivity contribution is 6.28. The van der Waals surface area contributed by atoms with E-state index < -0.39 is 0 Å². The van der Waals surface area contributed by atoms with Crippen LogP contribution in [0.5, 0.6) is 0 Å². The maximum Gasteiger partial charge on any atom is 0.195 e. The Morgan fingerprint density at radius 3 is 2.45 bits per heavy atom. The summed E-state index contributed by atoms with van der Waals surface area (Å²) < 4.78 is 0. The summed E-state index contributed by atoms with van der Waals surface area (Å²) in [7, 11) is 0. The zero-order valence-corrected chi connectivity index (χ0v) is 11.9. The number of carbonyl (C=O) groups excluding carboxylic acids is 1. The minimum absolute atomic E-state index is 0.0771. The van der Waals surface area contributed by atoms with E-state index in [4.69, 9.17) is 17.3 Å². The minimum atomic E-state index is -0.0771. The zero-order chi connectivity index (χ0) is 14.5. The molecule has 0 radical (unpaired) electrons. The number of alkyl halides is 1. The van der Waals surface area contributed by atoms with Gasteiger partial charge in [-0.2, -0.15) is 0 Å². The van der Waals surface area contributed by atoms with Crippen molar-refractivity contribution in [3.63, 3.8) is 0 Å². The molecule has 0 aliphatic heterocycles. The Balaban J connectivity index is 2.42. The first kappa shape index (κ1) is 14.3. The highest BCUT2D eigenvalue weighted by Crippen LogP contribution is 2.22. The first-order valence-corrected chi connectivity index (χ1v) is 6.74. The van der Waals surface area contributed by atoms with E-state index in [2.05, 4.69) is 4.99 Å². The average Bonchev–Trinajstić information content (AvgIpc) is 2.48.